The van der Waals surface area contributed by atoms with Crippen molar-refractivity contribution >= 4 is 39.2 Å². The number of aliphatic hydroxyl groups excluding tert-OH is 1. The van der Waals surface area contributed by atoms with Crippen LogP contribution in [-0.2, 0) is 4.79 Å². The summed E-state index contributed by atoms with van der Waals surface area (Å²) in [7, 11) is 0. The Bertz CT molecular complexity index is 416. The number of amides is 1. The zero-order valence-electron chi connectivity index (χ0n) is 8.60. The van der Waals surface area contributed by atoms with Crippen LogP contribution in [0.15, 0.2) is 21.3 Å². The molecule has 86 valence electrons. The van der Waals surface area contributed by atoms with Gasteiger partial charge in [0.2, 0.25) is 5.91 Å². The quantitative estimate of drug-likeness (QED) is 0.850. The summed E-state index contributed by atoms with van der Waals surface area (Å²) in [5.74, 6) is -0.0288. The minimum atomic E-state index is -0.354. The summed E-state index contributed by atoms with van der Waals surface area (Å²) in [6, 6.07) is 1.97. The zero-order chi connectivity index (χ0) is 11.5. The van der Waals surface area contributed by atoms with E-state index in [4.69, 9.17) is 0 Å². The van der Waals surface area contributed by atoms with Crippen LogP contribution in [0.1, 0.15) is 12.0 Å². The Morgan fingerprint density at radius 2 is 2.50 bits per heavy atom. The predicted molar refractivity (Wildman–Crippen MR) is 68.3 cm³/mol. The van der Waals surface area contributed by atoms with Crippen LogP contribution in [0, 0.1) is 0 Å². The van der Waals surface area contributed by atoms with Gasteiger partial charge in [0.15, 0.2) is 0 Å². The first-order valence-corrected chi connectivity index (χ1v) is 6.71. The number of aliphatic hydroxyl groups is 1. The Morgan fingerprint density at radius 1 is 1.69 bits per heavy atom. The molecular formula is C11H12BrNO2S. The number of rotatable bonds is 2. The number of hydrogen-bond acceptors (Lipinski definition) is 3. The molecule has 1 aliphatic heterocycles. The van der Waals surface area contributed by atoms with Crippen LogP contribution in [0.25, 0.3) is 6.08 Å². The van der Waals surface area contributed by atoms with E-state index in [0.717, 1.165) is 9.35 Å². The number of β-amino-alcohol motifs (C(OH)–C–C–N with tert-alkyl or cyclic N) is 1. The van der Waals surface area contributed by atoms with Crippen molar-refractivity contribution in [2.24, 2.45) is 0 Å². The molecule has 1 N–H and O–H groups in total. The van der Waals surface area contributed by atoms with Crippen molar-refractivity contribution in [1.29, 1.82) is 0 Å². The summed E-state index contributed by atoms with van der Waals surface area (Å²) in [4.78, 5) is 13.4. The third kappa shape index (κ3) is 2.93. The van der Waals surface area contributed by atoms with Gasteiger partial charge in [-0.3, -0.25) is 4.79 Å². The number of carbonyl (C=O) groups excluding carboxylic acids is 1. The minimum absolute atomic E-state index is 0.0288. The van der Waals surface area contributed by atoms with E-state index < -0.39 is 0 Å². The summed E-state index contributed by atoms with van der Waals surface area (Å²) in [6.45, 7) is 1.11. The average Bonchev–Trinajstić information content (AvgIpc) is 2.84. The van der Waals surface area contributed by atoms with E-state index in [9.17, 15) is 9.90 Å². The monoisotopic (exact) mass is 301 g/mol. The van der Waals surface area contributed by atoms with Crippen LogP contribution in [0.4, 0.5) is 0 Å². The third-order valence-corrected chi connectivity index (χ3v) is 4.00. The molecule has 3 nitrogen and oxygen atoms in total. The Balaban J connectivity index is 1.94. The highest BCUT2D eigenvalue weighted by atomic mass is 79.9. The highest BCUT2D eigenvalue weighted by molar-refractivity contribution is 9.11. The van der Waals surface area contributed by atoms with Gasteiger partial charge in [0.1, 0.15) is 0 Å². The first kappa shape index (κ1) is 11.8. The molecule has 0 spiro atoms. The van der Waals surface area contributed by atoms with Crippen LogP contribution < -0.4 is 0 Å². The van der Waals surface area contributed by atoms with Crippen LogP contribution in [-0.4, -0.2) is 35.1 Å². The highest BCUT2D eigenvalue weighted by Gasteiger charge is 2.22. The number of likely N-dealkylation sites (tertiary alicyclic amines) is 1. The molecule has 1 atom stereocenters. The maximum atomic E-state index is 11.7. The predicted octanol–water partition coefficient (Wildman–Crippen LogP) is 2.12. The van der Waals surface area contributed by atoms with Crippen LogP contribution >= 0.6 is 27.3 Å². The zero-order valence-corrected chi connectivity index (χ0v) is 11.0. The Labute approximate surface area is 107 Å². The molecule has 2 heterocycles. The van der Waals surface area contributed by atoms with E-state index in [0.29, 0.717) is 19.5 Å². The normalized spacial score (nSPS) is 20.9. The molecule has 1 aliphatic rings. The summed E-state index contributed by atoms with van der Waals surface area (Å²) in [5, 5.41) is 11.3. The van der Waals surface area contributed by atoms with Gasteiger partial charge in [-0.05, 0) is 45.4 Å². The maximum Gasteiger partial charge on any atom is 0.246 e. The van der Waals surface area contributed by atoms with E-state index in [1.165, 1.54) is 0 Å². The lowest BCUT2D eigenvalue weighted by Gasteiger charge is -2.12. The van der Waals surface area contributed by atoms with E-state index >= 15 is 0 Å². The molecule has 0 radical (unpaired) electrons. The molecule has 2 rings (SSSR count). The Hall–Kier alpha value is -0.650. The first-order valence-electron chi connectivity index (χ1n) is 5.04. The molecule has 1 aromatic rings. The molecule has 5 heteroatoms. The topological polar surface area (TPSA) is 40.5 Å². The van der Waals surface area contributed by atoms with Crippen molar-refractivity contribution in [1.82, 2.24) is 4.90 Å². The maximum absolute atomic E-state index is 11.7. The smallest absolute Gasteiger partial charge is 0.246 e. The number of hydrogen-bond donors (Lipinski definition) is 1. The molecule has 0 saturated carbocycles. The van der Waals surface area contributed by atoms with Crippen molar-refractivity contribution < 1.29 is 9.90 Å². The third-order valence-electron chi connectivity index (χ3n) is 2.48. The van der Waals surface area contributed by atoms with Gasteiger partial charge in [-0.15, -0.1) is 11.3 Å². The van der Waals surface area contributed by atoms with Crippen molar-refractivity contribution in [3.05, 3.63) is 26.9 Å². The minimum Gasteiger partial charge on any atom is -0.391 e. The van der Waals surface area contributed by atoms with Crippen LogP contribution in [0.3, 0.4) is 0 Å². The summed E-state index contributed by atoms with van der Waals surface area (Å²) in [6.07, 6.45) is 3.69. The van der Waals surface area contributed by atoms with Gasteiger partial charge in [0.25, 0.3) is 0 Å². The second-order valence-electron chi connectivity index (χ2n) is 3.74. The van der Waals surface area contributed by atoms with E-state index in [1.807, 2.05) is 11.4 Å². The van der Waals surface area contributed by atoms with Gasteiger partial charge in [-0.1, -0.05) is 0 Å². The van der Waals surface area contributed by atoms with Crippen LogP contribution in [0.2, 0.25) is 0 Å². The molecule has 0 aromatic carbocycles. The van der Waals surface area contributed by atoms with Crippen molar-refractivity contribution in [3.8, 4) is 0 Å². The van der Waals surface area contributed by atoms with Gasteiger partial charge in [-0.25, -0.2) is 0 Å². The fourth-order valence-electron chi connectivity index (χ4n) is 1.63. The second-order valence-corrected chi connectivity index (χ2v) is 6.03. The van der Waals surface area contributed by atoms with Gasteiger partial charge in [0, 0.05) is 19.2 Å². The molecule has 16 heavy (non-hydrogen) atoms. The lowest BCUT2D eigenvalue weighted by Crippen LogP contribution is -2.27. The Morgan fingerprint density at radius 3 is 3.06 bits per heavy atom. The van der Waals surface area contributed by atoms with Crippen molar-refractivity contribution in [2.75, 3.05) is 13.1 Å². The SMILES string of the molecule is O=C(C=Cc1csc(Br)c1)N1CC[C@@H](O)C1. The molecule has 1 aromatic heterocycles. The average molecular weight is 302 g/mol. The molecule has 1 fully saturated rings. The number of thiophene rings is 1. The molecule has 0 bridgehead atoms. The lowest BCUT2D eigenvalue weighted by molar-refractivity contribution is -0.125. The molecular weight excluding hydrogens is 290 g/mol. The van der Waals surface area contributed by atoms with E-state index in [-0.39, 0.29) is 12.0 Å². The van der Waals surface area contributed by atoms with Crippen molar-refractivity contribution in [3.63, 3.8) is 0 Å². The van der Waals surface area contributed by atoms with E-state index in [2.05, 4.69) is 15.9 Å². The molecule has 1 saturated heterocycles. The highest BCUT2D eigenvalue weighted by Crippen LogP contribution is 2.21. The standard InChI is InChI=1S/C11H12BrNO2S/c12-10-5-8(7-16-10)1-2-11(15)13-4-3-9(14)6-13/h1-2,5,7,9,14H,3-4,6H2/t9-/m1/s1. The number of halogens is 1. The van der Waals surface area contributed by atoms with E-state index in [1.54, 1.807) is 28.4 Å². The summed E-state index contributed by atoms with van der Waals surface area (Å²) >= 11 is 4.96. The first-order chi connectivity index (χ1) is 7.65. The Kier molecular flexibility index (Phi) is 3.78. The van der Waals surface area contributed by atoms with Gasteiger partial charge in [-0.2, -0.15) is 0 Å². The lowest BCUT2D eigenvalue weighted by atomic mass is 10.3. The number of carbonyl (C=O) groups is 1. The fraction of sp³-hybridized carbons (Fsp3) is 0.364. The second kappa shape index (κ2) is 5.12. The van der Waals surface area contributed by atoms with Crippen LogP contribution in [0.5, 0.6) is 0 Å². The fourth-order valence-corrected chi connectivity index (χ4v) is 2.77. The van der Waals surface area contributed by atoms with Crippen molar-refractivity contribution in [2.45, 2.75) is 12.5 Å². The molecule has 0 aliphatic carbocycles. The summed E-state index contributed by atoms with van der Waals surface area (Å²) in [5.41, 5.74) is 1.02. The molecule has 0 unspecified atom stereocenters. The van der Waals surface area contributed by atoms with Gasteiger partial charge in [0.05, 0.1) is 9.89 Å². The summed E-state index contributed by atoms with van der Waals surface area (Å²) < 4.78 is 1.05. The largest absolute Gasteiger partial charge is 0.391 e. The number of nitrogens with zero attached hydrogens (tertiary/aromatic N) is 1. The molecule has 1 amide bonds. The van der Waals surface area contributed by atoms with Gasteiger partial charge < -0.3 is 10.0 Å². The van der Waals surface area contributed by atoms with Gasteiger partial charge >= 0.3 is 0 Å².